The van der Waals surface area contributed by atoms with E-state index in [1.54, 1.807) is 30.3 Å². The van der Waals surface area contributed by atoms with Crippen molar-refractivity contribution in [1.29, 1.82) is 0 Å². The molecule has 0 aliphatic carbocycles. The van der Waals surface area contributed by atoms with E-state index in [-0.39, 0.29) is 26.2 Å². The number of hydrogen-bond donors (Lipinski definition) is 1. The van der Waals surface area contributed by atoms with Gasteiger partial charge in [-0.25, -0.2) is 9.69 Å². The highest BCUT2D eigenvalue weighted by Crippen LogP contribution is 2.19. The van der Waals surface area contributed by atoms with Crippen molar-refractivity contribution in [3.63, 3.8) is 0 Å². The standard InChI is InChI=1S/C15H19N3O6S/c19-14-11-24-15(20)18(14)10-13(12-4-2-1-3-5-12)16-25(21,22)17-6-8-23-9-7-17/h1-5,13,16H,6-11H2. The first-order valence-corrected chi connectivity index (χ1v) is 9.28. The van der Waals surface area contributed by atoms with Gasteiger partial charge in [0.25, 0.3) is 16.1 Å². The number of rotatable bonds is 6. The number of benzene rings is 1. The van der Waals surface area contributed by atoms with E-state index in [9.17, 15) is 18.0 Å². The fourth-order valence-electron chi connectivity index (χ4n) is 2.68. The first-order chi connectivity index (χ1) is 12.0. The molecule has 136 valence electrons. The number of imide groups is 1. The average molecular weight is 369 g/mol. The van der Waals surface area contributed by atoms with Crippen LogP contribution in [0.4, 0.5) is 4.79 Å². The van der Waals surface area contributed by atoms with Gasteiger partial charge in [-0.1, -0.05) is 30.3 Å². The Balaban J connectivity index is 1.81. The van der Waals surface area contributed by atoms with Crippen LogP contribution >= 0.6 is 0 Å². The summed E-state index contributed by atoms with van der Waals surface area (Å²) in [6.07, 6.45) is -0.767. The van der Waals surface area contributed by atoms with Gasteiger partial charge in [-0.05, 0) is 5.56 Å². The molecule has 1 aromatic rings. The van der Waals surface area contributed by atoms with Crippen molar-refractivity contribution in [2.75, 3.05) is 39.5 Å². The number of carbonyl (C=O) groups is 2. The van der Waals surface area contributed by atoms with Crippen LogP contribution in [0.15, 0.2) is 30.3 Å². The molecule has 2 saturated heterocycles. The van der Waals surface area contributed by atoms with E-state index in [0.717, 1.165) is 4.90 Å². The van der Waals surface area contributed by atoms with Crippen LogP contribution in [0.25, 0.3) is 0 Å². The first-order valence-electron chi connectivity index (χ1n) is 7.84. The molecule has 0 saturated carbocycles. The van der Waals surface area contributed by atoms with Gasteiger partial charge in [0.15, 0.2) is 6.61 Å². The van der Waals surface area contributed by atoms with E-state index in [4.69, 9.17) is 9.47 Å². The third-order valence-electron chi connectivity index (χ3n) is 4.01. The first kappa shape index (κ1) is 17.8. The van der Waals surface area contributed by atoms with Crippen LogP contribution in [-0.2, 0) is 24.5 Å². The van der Waals surface area contributed by atoms with Crippen molar-refractivity contribution in [3.8, 4) is 0 Å². The Labute approximate surface area is 145 Å². The van der Waals surface area contributed by atoms with Crippen molar-refractivity contribution < 1.29 is 27.5 Å². The van der Waals surface area contributed by atoms with Crippen molar-refractivity contribution in [2.24, 2.45) is 0 Å². The zero-order chi connectivity index (χ0) is 17.9. The zero-order valence-electron chi connectivity index (χ0n) is 13.5. The number of ether oxygens (including phenoxy) is 2. The predicted octanol–water partition coefficient (Wildman–Crippen LogP) is -0.127. The Morgan fingerprint density at radius 3 is 2.40 bits per heavy atom. The van der Waals surface area contributed by atoms with Gasteiger partial charge in [-0.15, -0.1) is 0 Å². The highest BCUT2D eigenvalue weighted by Gasteiger charge is 2.35. The highest BCUT2D eigenvalue weighted by atomic mass is 32.2. The van der Waals surface area contributed by atoms with Gasteiger partial charge in [0, 0.05) is 13.1 Å². The van der Waals surface area contributed by atoms with Crippen LogP contribution in [0, 0.1) is 0 Å². The minimum absolute atomic E-state index is 0.134. The lowest BCUT2D eigenvalue weighted by molar-refractivity contribution is -0.126. The zero-order valence-corrected chi connectivity index (χ0v) is 14.3. The van der Waals surface area contributed by atoms with Crippen LogP contribution in [0.3, 0.4) is 0 Å². The van der Waals surface area contributed by atoms with E-state index < -0.39 is 28.3 Å². The molecule has 1 unspecified atom stereocenters. The van der Waals surface area contributed by atoms with E-state index in [1.807, 2.05) is 0 Å². The number of nitrogens with zero attached hydrogens (tertiary/aromatic N) is 2. The lowest BCUT2D eigenvalue weighted by Gasteiger charge is -2.29. The van der Waals surface area contributed by atoms with Gasteiger partial charge in [0.2, 0.25) is 0 Å². The van der Waals surface area contributed by atoms with Crippen LogP contribution in [0.5, 0.6) is 0 Å². The topological polar surface area (TPSA) is 105 Å². The Morgan fingerprint density at radius 2 is 1.80 bits per heavy atom. The summed E-state index contributed by atoms with van der Waals surface area (Å²) in [5.41, 5.74) is 0.645. The average Bonchev–Trinajstić information content (AvgIpc) is 2.94. The summed E-state index contributed by atoms with van der Waals surface area (Å²) in [7, 11) is -3.79. The third-order valence-corrected chi connectivity index (χ3v) is 5.64. The Hall–Kier alpha value is -2.01. The third kappa shape index (κ3) is 4.15. The predicted molar refractivity (Wildman–Crippen MR) is 86.7 cm³/mol. The van der Waals surface area contributed by atoms with Gasteiger partial charge >= 0.3 is 6.09 Å². The lowest BCUT2D eigenvalue weighted by atomic mass is 10.1. The molecule has 1 atom stereocenters. The summed E-state index contributed by atoms with van der Waals surface area (Å²) in [6.45, 7) is 0.701. The molecular weight excluding hydrogens is 350 g/mol. The van der Waals surface area contributed by atoms with E-state index in [2.05, 4.69) is 4.72 Å². The molecule has 10 heteroatoms. The van der Waals surface area contributed by atoms with E-state index in [0.29, 0.717) is 18.8 Å². The molecular formula is C15H19N3O6S. The summed E-state index contributed by atoms with van der Waals surface area (Å²) >= 11 is 0. The van der Waals surface area contributed by atoms with E-state index >= 15 is 0 Å². The molecule has 2 amide bonds. The van der Waals surface area contributed by atoms with Crippen molar-refractivity contribution in [1.82, 2.24) is 13.9 Å². The minimum Gasteiger partial charge on any atom is -0.439 e. The summed E-state index contributed by atoms with van der Waals surface area (Å²) in [4.78, 5) is 24.4. The van der Waals surface area contributed by atoms with Crippen LogP contribution < -0.4 is 4.72 Å². The SMILES string of the molecule is O=C1COC(=O)N1CC(NS(=O)(=O)N1CCOCC1)c1ccccc1. The maximum Gasteiger partial charge on any atom is 0.417 e. The Morgan fingerprint density at radius 1 is 1.12 bits per heavy atom. The summed E-state index contributed by atoms with van der Waals surface area (Å²) in [5, 5.41) is 0. The molecule has 2 heterocycles. The minimum atomic E-state index is -3.79. The Kier molecular flexibility index (Phi) is 5.33. The molecule has 2 aliphatic rings. The quantitative estimate of drug-likeness (QED) is 0.749. The van der Waals surface area contributed by atoms with Crippen molar-refractivity contribution >= 4 is 22.2 Å². The van der Waals surface area contributed by atoms with Gasteiger partial charge < -0.3 is 9.47 Å². The second-order valence-electron chi connectivity index (χ2n) is 5.66. The maximum atomic E-state index is 12.6. The molecule has 25 heavy (non-hydrogen) atoms. The smallest absolute Gasteiger partial charge is 0.417 e. The molecule has 0 aromatic heterocycles. The largest absolute Gasteiger partial charge is 0.439 e. The number of hydrogen-bond acceptors (Lipinski definition) is 6. The Bertz CT molecular complexity index is 717. The molecule has 0 bridgehead atoms. The lowest BCUT2D eigenvalue weighted by Crippen LogP contribution is -2.49. The monoisotopic (exact) mass is 369 g/mol. The van der Waals surface area contributed by atoms with Crippen molar-refractivity contribution in [2.45, 2.75) is 6.04 Å². The molecule has 2 aliphatic heterocycles. The fraction of sp³-hybridized carbons (Fsp3) is 0.467. The second-order valence-corrected chi connectivity index (χ2v) is 7.36. The molecule has 2 fully saturated rings. The van der Waals surface area contributed by atoms with Crippen molar-refractivity contribution in [3.05, 3.63) is 35.9 Å². The molecule has 0 spiro atoms. The van der Waals surface area contributed by atoms with E-state index in [1.165, 1.54) is 4.31 Å². The van der Waals surface area contributed by atoms with Gasteiger partial charge in [-0.3, -0.25) is 4.79 Å². The number of morpholine rings is 1. The highest BCUT2D eigenvalue weighted by molar-refractivity contribution is 7.87. The number of cyclic esters (lactones) is 1. The second kappa shape index (κ2) is 7.48. The molecule has 3 rings (SSSR count). The normalized spacial score (nSPS) is 20.6. The van der Waals surface area contributed by atoms with Crippen LogP contribution in [-0.4, -0.2) is 69.1 Å². The fourth-order valence-corrected chi connectivity index (χ4v) is 4.03. The summed E-state index contributed by atoms with van der Waals surface area (Å²) in [6, 6.07) is 8.01. The van der Waals surface area contributed by atoms with Gasteiger partial charge in [-0.2, -0.15) is 17.4 Å². The molecule has 1 aromatic carbocycles. The summed E-state index contributed by atoms with van der Waals surface area (Å²) in [5.74, 6) is -0.489. The molecule has 9 nitrogen and oxygen atoms in total. The van der Waals surface area contributed by atoms with Gasteiger partial charge in [0.1, 0.15) is 0 Å². The van der Waals surface area contributed by atoms with Crippen LogP contribution in [0.1, 0.15) is 11.6 Å². The van der Waals surface area contributed by atoms with Gasteiger partial charge in [0.05, 0.1) is 25.8 Å². The van der Waals surface area contributed by atoms with Crippen LogP contribution in [0.2, 0.25) is 0 Å². The molecule has 0 radical (unpaired) electrons. The number of amides is 2. The number of nitrogens with one attached hydrogen (secondary N) is 1. The number of carbonyl (C=O) groups excluding carboxylic acids is 2. The molecule has 1 N–H and O–H groups in total. The maximum absolute atomic E-state index is 12.6. The summed E-state index contributed by atoms with van der Waals surface area (Å²) < 4.78 is 39.0.